The van der Waals surface area contributed by atoms with Crippen LogP contribution in [0.15, 0.2) is 24.3 Å². The van der Waals surface area contributed by atoms with Crippen molar-refractivity contribution >= 4 is 27.5 Å². The Balaban J connectivity index is 1.84. The average Bonchev–Trinajstić information content (AvgIpc) is 2.47. The second-order valence-electron chi connectivity index (χ2n) is 7.28. The predicted molar refractivity (Wildman–Crippen MR) is 99.4 cm³/mol. The third-order valence-corrected chi connectivity index (χ3v) is 5.13. The number of ether oxygens (including phenoxy) is 1. The third-order valence-electron chi connectivity index (χ3n) is 3.82. The van der Waals surface area contributed by atoms with Crippen molar-refractivity contribution in [2.75, 3.05) is 30.0 Å². The summed E-state index contributed by atoms with van der Waals surface area (Å²) < 4.78 is 29.8. The molecular formula is C17H27N3O4S. The fourth-order valence-electron chi connectivity index (χ4n) is 2.64. The molecule has 7 nitrogen and oxygen atoms in total. The number of hydrogen-bond donors (Lipinski definition) is 2. The first kappa shape index (κ1) is 19.5. The molecule has 0 unspecified atom stereocenters. The van der Waals surface area contributed by atoms with Crippen molar-refractivity contribution < 1.29 is 17.9 Å². The molecule has 1 heterocycles. The Labute approximate surface area is 149 Å². The topological polar surface area (TPSA) is 87.7 Å². The van der Waals surface area contributed by atoms with Crippen molar-refractivity contribution in [1.29, 1.82) is 0 Å². The smallest absolute Gasteiger partial charge is 0.412 e. The highest BCUT2D eigenvalue weighted by Crippen LogP contribution is 2.20. The Bertz CT molecular complexity index is 688. The highest BCUT2D eigenvalue weighted by atomic mass is 32.2. The molecule has 25 heavy (non-hydrogen) atoms. The van der Waals surface area contributed by atoms with Gasteiger partial charge < -0.3 is 10.1 Å². The number of carbonyl (C=O) groups excluding carboxylic acids is 1. The van der Waals surface area contributed by atoms with Crippen molar-refractivity contribution in [3.05, 3.63) is 24.3 Å². The largest absolute Gasteiger partial charge is 0.444 e. The summed E-state index contributed by atoms with van der Waals surface area (Å²) in [7, 11) is -3.10. The van der Waals surface area contributed by atoms with Crippen molar-refractivity contribution in [2.24, 2.45) is 0 Å². The number of carbonyl (C=O) groups is 1. The first-order chi connectivity index (χ1) is 11.5. The maximum atomic E-state index is 11.7. The molecule has 2 rings (SSSR count). The normalized spacial score (nSPS) is 17.1. The van der Waals surface area contributed by atoms with Crippen LogP contribution in [0.25, 0.3) is 0 Å². The molecule has 0 aromatic heterocycles. The van der Waals surface area contributed by atoms with Crippen molar-refractivity contribution in [3.63, 3.8) is 0 Å². The predicted octanol–water partition coefficient (Wildman–Crippen LogP) is 2.87. The van der Waals surface area contributed by atoms with Crippen LogP contribution in [0.4, 0.5) is 16.2 Å². The Kier molecular flexibility index (Phi) is 5.95. The summed E-state index contributed by atoms with van der Waals surface area (Å²) in [6.07, 6.45) is 2.30. The number of nitrogens with zero attached hydrogens (tertiary/aromatic N) is 1. The zero-order valence-corrected chi connectivity index (χ0v) is 16.0. The first-order valence-electron chi connectivity index (χ1n) is 8.35. The minimum absolute atomic E-state index is 0.239. The molecule has 1 saturated heterocycles. The molecule has 1 amide bonds. The zero-order chi connectivity index (χ0) is 18.7. The van der Waals surface area contributed by atoms with E-state index in [0.717, 1.165) is 18.5 Å². The van der Waals surface area contributed by atoms with E-state index in [9.17, 15) is 13.2 Å². The monoisotopic (exact) mass is 369 g/mol. The van der Waals surface area contributed by atoms with Gasteiger partial charge in [-0.05, 0) is 57.9 Å². The summed E-state index contributed by atoms with van der Waals surface area (Å²) in [5.41, 5.74) is 1.06. The Morgan fingerprint density at radius 3 is 2.12 bits per heavy atom. The van der Waals surface area contributed by atoms with Crippen LogP contribution >= 0.6 is 0 Å². The van der Waals surface area contributed by atoms with E-state index in [0.29, 0.717) is 18.8 Å². The fraction of sp³-hybridized carbons (Fsp3) is 0.588. The van der Waals surface area contributed by atoms with Gasteiger partial charge in [-0.25, -0.2) is 17.5 Å². The van der Waals surface area contributed by atoms with Gasteiger partial charge in [-0.1, -0.05) is 0 Å². The molecule has 2 N–H and O–H groups in total. The van der Waals surface area contributed by atoms with Gasteiger partial charge in [0.25, 0.3) is 0 Å². The summed E-state index contributed by atoms with van der Waals surface area (Å²) >= 11 is 0. The molecule has 8 heteroatoms. The molecule has 0 aliphatic carbocycles. The molecule has 0 radical (unpaired) electrons. The maximum Gasteiger partial charge on any atom is 0.412 e. The first-order valence-corrected chi connectivity index (χ1v) is 10.2. The lowest BCUT2D eigenvalue weighted by Gasteiger charge is -2.31. The number of sulfonamides is 1. The van der Waals surface area contributed by atoms with Gasteiger partial charge in [0, 0.05) is 30.5 Å². The number of amides is 1. The van der Waals surface area contributed by atoms with Gasteiger partial charge in [0.15, 0.2) is 0 Å². The van der Waals surface area contributed by atoms with Crippen molar-refractivity contribution in [1.82, 2.24) is 4.31 Å². The molecule has 1 fully saturated rings. The van der Waals surface area contributed by atoms with E-state index in [4.69, 9.17) is 4.74 Å². The third kappa shape index (κ3) is 6.55. The molecular weight excluding hydrogens is 342 g/mol. The van der Waals surface area contributed by atoms with E-state index in [1.54, 1.807) is 12.1 Å². The summed E-state index contributed by atoms with van der Waals surface area (Å²) in [5.74, 6) is 0. The van der Waals surface area contributed by atoms with Crippen LogP contribution in [-0.4, -0.2) is 49.8 Å². The summed E-state index contributed by atoms with van der Waals surface area (Å²) in [5, 5.41) is 6.10. The molecule has 1 aromatic rings. The lowest BCUT2D eigenvalue weighted by atomic mass is 10.1. The Hall–Kier alpha value is -1.80. The van der Waals surface area contributed by atoms with E-state index in [1.807, 2.05) is 32.9 Å². The molecule has 1 aliphatic rings. The molecule has 0 saturated carbocycles. The number of piperidine rings is 1. The molecule has 1 aliphatic heterocycles. The summed E-state index contributed by atoms with van der Waals surface area (Å²) in [6, 6.07) is 7.61. The van der Waals surface area contributed by atoms with Crippen LogP contribution in [0.5, 0.6) is 0 Å². The van der Waals surface area contributed by atoms with E-state index in [-0.39, 0.29) is 6.04 Å². The second-order valence-corrected chi connectivity index (χ2v) is 9.27. The lowest BCUT2D eigenvalue weighted by Crippen LogP contribution is -2.41. The number of rotatable bonds is 4. The van der Waals surface area contributed by atoms with E-state index in [1.165, 1.54) is 10.6 Å². The van der Waals surface area contributed by atoms with Crippen LogP contribution < -0.4 is 10.6 Å². The van der Waals surface area contributed by atoms with Gasteiger partial charge >= 0.3 is 6.09 Å². The standard InChI is InChI=1S/C17H27N3O4S/c1-17(2,3)24-16(21)19-14-7-5-13(6-8-14)18-15-9-11-20(12-10-15)25(4,22)23/h5-8,15,18H,9-12H2,1-4H3,(H,19,21). The fourth-order valence-corrected chi connectivity index (χ4v) is 3.51. The van der Waals surface area contributed by atoms with Crippen LogP contribution in [0.2, 0.25) is 0 Å². The second kappa shape index (κ2) is 7.61. The number of anilines is 2. The number of benzene rings is 1. The summed E-state index contributed by atoms with van der Waals surface area (Å²) in [6.45, 7) is 6.52. The molecule has 0 bridgehead atoms. The molecule has 1 aromatic carbocycles. The lowest BCUT2D eigenvalue weighted by molar-refractivity contribution is 0.0636. The van der Waals surface area contributed by atoms with Crippen LogP contribution in [0, 0.1) is 0 Å². The van der Waals surface area contributed by atoms with Crippen LogP contribution in [0.1, 0.15) is 33.6 Å². The van der Waals surface area contributed by atoms with Gasteiger partial charge in [-0.2, -0.15) is 0 Å². The number of hydrogen-bond acceptors (Lipinski definition) is 5. The molecule has 0 atom stereocenters. The van der Waals surface area contributed by atoms with Gasteiger partial charge in [0.05, 0.1) is 6.26 Å². The van der Waals surface area contributed by atoms with Crippen LogP contribution in [-0.2, 0) is 14.8 Å². The van der Waals surface area contributed by atoms with E-state index >= 15 is 0 Å². The number of nitrogens with one attached hydrogen (secondary N) is 2. The van der Waals surface area contributed by atoms with Crippen LogP contribution in [0.3, 0.4) is 0 Å². The highest BCUT2D eigenvalue weighted by molar-refractivity contribution is 7.88. The SMILES string of the molecule is CC(C)(C)OC(=O)Nc1ccc(NC2CCN(S(C)(=O)=O)CC2)cc1. The van der Waals surface area contributed by atoms with Gasteiger partial charge in [0.1, 0.15) is 5.60 Å². The van der Waals surface area contributed by atoms with Crippen molar-refractivity contribution in [2.45, 2.75) is 45.3 Å². The van der Waals surface area contributed by atoms with E-state index < -0.39 is 21.7 Å². The quantitative estimate of drug-likeness (QED) is 0.852. The minimum Gasteiger partial charge on any atom is -0.444 e. The van der Waals surface area contributed by atoms with Crippen molar-refractivity contribution in [3.8, 4) is 0 Å². The van der Waals surface area contributed by atoms with E-state index in [2.05, 4.69) is 10.6 Å². The Morgan fingerprint density at radius 1 is 1.12 bits per heavy atom. The Morgan fingerprint density at radius 2 is 1.64 bits per heavy atom. The van der Waals surface area contributed by atoms with Gasteiger partial charge in [-0.15, -0.1) is 0 Å². The van der Waals surface area contributed by atoms with Gasteiger partial charge in [-0.3, -0.25) is 5.32 Å². The highest BCUT2D eigenvalue weighted by Gasteiger charge is 2.24. The van der Waals surface area contributed by atoms with Gasteiger partial charge in [0.2, 0.25) is 10.0 Å². The molecule has 0 spiro atoms. The zero-order valence-electron chi connectivity index (χ0n) is 15.2. The maximum absolute atomic E-state index is 11.7. The average molecular weight is 369 g/mol. The summed E-state index contributed by atoms with van der Waals surface area (Å²) in [4.78, 5) is 11.7. The minimum atomic E-state index is -3.10. The molecule has 140 valence electrons.